The molecule has 2 heterocycles. The predicted octanol–water partition coefficient (Wildman–Crippen LogP) is 2.24. The Hall–Kier alpha value is -1.99. The maximum atomic E-state index is 13.9. The smallest absolute Gasteiger partial charge is 0.176 e. The minimum absolute atomic E-state index is 0.0407. The molecule has 0 amide bonds. The summed E-state index contributed by atoms with van der Waals surface area (Å²) in [7, 11) is 3.11. The second-order valence-electron chi connectivity index (χ2n) is 6.08. The molecule has 2 atom stereocenters. The van der Waals surface area contributed by atoms with Crippen molar-refractivity contribution in [2.75, 3.05) is 14.2 Å². The first-order valence-corrected chi connectivity index (χ1v) is 8.11. The van der Waals surface area contributed by atoms with Crippen molar-refractivity contribution in [3.8, 4) is 5.75 Å². The van der Waals surface area contributed by atoms with Gasteiger partial charge in [-0.25, -0.2) is 14.1 Å². The lowest BCUT2D eigenvalue weighted by Crippen LogP contribution is -2.39. The van der Waals surface area contributed by atoms with Gasteiger partial charge in [0.1, 0.15) is 12.4 Å². The van der Waals surface area contributed by atoms with Gasteiger partial charge in [-0.1, -0.05) is 6.07 Å². The molecule has 0 fully saturated rings. The molecular formula is C17H23FN4O2. The Morgan fingerprint density at radius 3 is 2.96 bits per heavy atom. The molecule has 0 bridgehead atoms. The highest BCUT2D eigenvalue weighted by molar-refractivity contribution is 5.30. The van der Waals surface area contributed by atoms with Crippen LogP contribution in [-0.4, -0.2) is 35.0 Å². The first-order chi connectivity index (χ1) is 11.6. The van der Waals surface area contributed by atoms with E-state index in [0.29, 0.717) is 6.61 Å². The Morgan fingerprint density at radius 2 is 2.25 bits per heavy atom. The average molecular weight is 334 g/mol. The molecule has 3 rings (SSSR count). The molecule has 7 heteroatoms. The van der Waals surface area contributed by atoms with E-state index in [0.717, 1.165) is 36.6 Å². The number of rotatable bonds is 6. The lowest BCUT2D eigenvalue weighted by molar-refractivity contribution is 0.177. The van der Waals surface area contributed by atoms with Crippen LogP contribution in [0.3, 0.4) is 0 Å². The molecule has 130 valence electrons. The quantitative estimate of drug-likeness (QED) is 0.878. The zero-order chi connectivity index (χ0) is 17.1. The van der Waals surface area contributed by atoms with E-state index in [9.17, 15) is 4.39 Å². The summed E-state index contributed by atoms with van der Waals surface area (Å²) in [5, 5.41) is 8.03. The number of ether oxygens (including phenoxy) is 2. The summed E-state index contributed by atoms with van der Waals surface area (Å²) in [5.74, 6) is 1.65. The zero-order valence-corrected chi connectivity index (χ0v) is 14.3. The number of benzene rings is 1. The van der Waals surface area contributed by atoms with Gasteiger partial charge in [-0.2, -0.15) is 5.10 Å². The molecule has 0 spiro atoms. The molecule has 1 aromatic heterocycles. The van der Waals surface area contributed by atoms with Crippen LogP contribution in [0.2, 0.25) is 0 Å². The first-order valence-electron chi connectivity index (χ1n) is 8.11. The summed E-state index contributed by atoms with van der Waals surface area (Å²) in [5.41, 5.74) is 0.901. The summed E-state index contributed by atoms with van der Waals surface area (Å²) in [6.45, 7) is 3.23. The lowest BCUT2D eigenvalue weighted by Gasteiger charge is -2.27. The highest BCUT2D eigenvalue weighted by Gasteiger charge is 2.23. The number of methoxy groups -OCH3 is 2. The molecule has 0 aliphatic carbocycles. The Kier molecular flexibility index (Phi) is 5.11. The van der Waals surface area contributed by atoms with Crippen molar-refractivity contribution in [3.63, 3.8) is 0 Å². The van der Waals surface area contributed by atoms with Crippen LogP contribution in [0.1, 0.15) is 36.6 Å². The topological polar surface area (TPSA) is 61.2 Å². The first kappa shape index (κ1) is 16.9. The monoisotopic (exact) mass is 334 g/mol. The van der Waals surface area contributed by atoms with E-state index in [1.54, 1.807) is 13.2 Å². The van der Waals surface area contributed by atoms with Crippen LogP contribution in [0.25, 0.3) is 0 Å². The molecule has 0 saturated heterocycles. The van der Waals surface area contributed by atoms with Gasteiger partial charge in [0, 0.05) is 25.6 Å². The van der Waals surface area contributed by atoms with Gasteiger partial charge in [0.2, 0.25) is 0 Å². The van der Waals surface area contributed by atoms with Gasteiger partial charge in [-0.3, -0.25) is 0 Å². The van der Waals surface area contributed by atoms with Gasteiger partial charge >= 0.3 is 0 Å². The third-order valence-corrected chi connectivity index (χ3v) is 4.34. The van der Waals surface area contributed by atoms with Gasteiger partial charge < -0.3 is 14.8 Å². The van der Waals surface area contributed by atoms with Crippen molar-refractivity contribution in [2.24, 2.45) is 0 Å². The van der Waals surface area contributed by atoms with Crippen LogP contribution in [0.4, 0.5) is 4.39 Å². The summed E-state index contributed by atoms with van der Waals surface area (Å²) in [4.78, 5) is 4.48. The van der Waals surface area contributed by atoms with Gasteiger partial charge in [-0.15, -0.1) is 0 Å². The molecule has 1 aromatic carbocycles. The largest absolute Gasteiger partial charge is 0.494 e. The number of nitrogens with one attached hydrogen (secondary N) is 1. The molecular weight excluding hydrogens is 311 g/mol. The molecule has 1 aliphatic heterocycles. The third-order valence-electron chi connectivity index (χ3n) is 4.34. The standard InChI is InChI=1S/C17H23FN4O2/c1-11(12-4-6-15(24-3)14(18)8-12)19-13-5-7-17-20-16(10-23-2)21-22(17)9-13/h4,6,8,11,13,19H,5,7,9-10H2,1-3H3/t11-,13-/m1/s1. The molecule has 1 aliphatic rings. The maximum Gasteiger partial charge on any atom is 0.176 e. The molecule has 0 radical (unpaired) electrons. The fourth-order valence-electron chi connectivity index (χ4n) is 3.09. The van der Waals surface area contributed by atoms with Crippen LogP contribution in [0.15, 0.2) is 18.2 Å². The van der Waals surface area contributed by atoms with E-state index in [4.69, 9.17) is 9.47 Å². The number of aryl methyl sites for hydroxylation is 1. The van der Waals surface area contributed by atoms with Crippen molar-refractivity contribution >= 4 is 0 Å². The van der Waals surface area contributed by atoms with Crippen molar-refractivity contribution in [1.29, 1.82) is 0 Å². The Labute approximate surface area is 141 Å². The molecule has 0 saturated carbocycles. The van der Waals surface area contributed by atoms with Crippen molar-refractivity contribution in [3.05, 3.63) is 41.2 Å². The predicted molar refractivity (Wildman–Crippen MR) is 87.3 cm³/mol. The average Bonchev–Trinajstić information content (AvgIpc) is 2.96. The van der Waals surface area contributed by atoms with Crippen molar-refractivity contribution < 1.29 is 13.9 Å². The van der Waals surface area contributed by atoms with Crippen LogP contribution in [0.5, 0.6) is 5.75 Å². The lowest BCUT2D eigenvalue weighted by atomic mass is 10.0. The minimum Gasteiger partial charge on any atom is -0.494 e. The summed E-state index contributed by atoms with van der Waals surface area (Å²) < 4.78 is 25.9. The SMILES string of the molecule is COCc1nc2n(n1)C[C@H](N[C@H](C)c1ccc(OC)c(F)c1)CC2. The molecule has 0 unspecified atom stereocenters. The molecule has 24 heavy (non-hydrogen) atoms. The summed E-state index contributed by atoms with van der Waals surface area (Å²) in [6.07, 6.45) is 1.85. The number of hydrogen-bond donors (Lipinski definition) is 1. The van der Waals surface area contributed by atoms with Crippen LogP contribution < -0.4 is 10.1 Å². The van der Waals surface area contributed by atoms with Gasteiger partial charge in [0.15, 0.2) is 17.4 Å². The van der Waals surface area contributed by atoms with E-state index in [1.807, 2.05) is 17.7 Å². The zero-order valence-electron chi connectivity index (χ0n) is 14.3. The molecule has 6 nitrogen and oxygen atoms in total. The van der Waals surface area contributed by atoms with Crippen LogP contribution in [0, 0.1) is 5.82 Å². The van der Waals surface area contributed by atoms with E-state index < -0.39 is 0 Å². The number of aromatic nitrogens is 3. The van der Waals surface area contributed by atoms with Crippen molar-refractivity contribution in [1.82, 2.24) is 20.1 Å². The van der Waals surface area contributed by atoms with E-state index in [1.165, 1.54) is 13.2 Å². The fraction of sp³-hybridized carbons (Fsp3) is 0.529. The second-order valence-corrected chi connectivity index (χ2v) is 6.08. The van der Waals surface area contributed by atoms with Gasteiger partial charge in [0.05, 0.1) is 13.7 Å². The Bertz CT molecular complexity index is 704. The summed E-state index contributed by atoms with van der Waals surface area (Å²) >= 11 is 0. The van der Waals surface area contributed by atoms with Gasteiger partial charge in [-0.05, 0) is 31.0 Å². The minimum atomic E-state index is -0.338. The van der Waals surface area contributed by atoms with E-state index in [2.05, 4.69) is 15.4 Å². The maximum absolute atomic E-state index is 13.9. The molecule has 2 aromatic rings. The van der Waals surface area contributed by atoms with E-state index in [-0.39, 0.29) is 23.7 Å². The normalized spacial score (nSPS) is 18.2. The number of halogens is 1. The Morgan fingerprint density at radius 1 is 1.42 bits per heavy atom. The highest BCUT2D eigenvalue weighted by atomic mass is 19.1. The number of fused-ring (bicyclic) bond motifs is 1. The Balaban J connectivity index is 1.64. The number of nitrogens with zero attached hydrogens (tertiary/aromatic N) is 3. The fourth-order valence-corrected chi connectivity index (χ4v) is 3.09. The van der Waals surface area contributed by atoms with Gasteiger partial charge in [0.25, 0.3) is 0 Å². The molecule has 1 N–H and O–H groups in total. The summed E-state index contributed by atoms with van der Waals surface area (Å²) in [6, 6.07) is 5.39. The van der Waals surface area contributed by atoms with Crippen molar-refractivity contribution in [2.45, 2.75) is 45.0 Å². The highest BCUT2D eigenvalue weighted by Crippen LogP contribution is 2.23. The van der Waals surface area contributed by atoms with Crippen LogP contribution >= 0.6 is 0 Å². The van der Waals surface area contributed by atoms with E-state index >= 15 is 0 Å². The third kappa shape index (κ3) is 3.57. The van der Waals surface area contributed by atoms with Crippen LogP contribution in [-0.2, 0) is 24.3 Å². The number of hydrogen-bond acceptors (Lipinski definition) is 5. The second kappa shape index (κ2) is 7.27.